The number of aromatic nitrogens is 4. The minimum Gasteiger partial charge on any atom is -0.364 e. The molecule has 10 heteroatoms. The van der Waals surface area contributed by atoms with Crippen molar-refractivity contribution in [3.05, 3.63) is 29.6 Å². The maximum atomic E-state index is 12.4. The second kappa shape index (κ2) is 5.30. The fourth-order valence-electron chi connectivity index (χ4n) is 1.84. The normalized spacial score (nSPS) is 12.0. The van der Waals surface area contributed by atoms with Crippen LogP contribution in [0.3, 0.4) is 0 Å². The van der Waals surface area contributed by atoms with Gasteiger partial charge in [-0.1, -0.05) is 0 Å². The van der Waals surface area contributed by atoms with E-state index in [0.717, 1.165) is 4.31 Å². The lowest BCUT2D eigenvalue weighted by atomic mass is 10.4. The Morgan fingerprint density at radius 3 is 2.67 bits per heavy atom. The molecule has 0 unspecified atom stereocenters. The fourth-order valence-corrected chi connectivity index (χ4v) is 3.04. The molecule has 0 atom stereocenters. The average molecular weight is 312 g/mol. The second-order valence-electron chi connectivity index (χ2n) is 4.63. The quantitative estimate of drug-likeness (QED) is 0.760. The van der Waals surface area contributed by atoms with Crippen molar-refractivity contribution in [2.45, 2.75) is 18.4 Å². The number of hydrogen-bond donors (Lipinski definition) is 2. The van der Waals surface area contributed by atoms with Gasteiger partial charge in [-0.15, -0.1) is 0 Å². The number of nitrogens with two attached hydrogens (primary N) is 1. The lowest BCUT2D eigenvalue weighted by Gasteiger charge is -2.14. The lowest BCUT2D eigenvalue weighted by Crippen LogP contribution is -2.26. The lowest BCUT2D eigenvalue weighted by molar-refractivity contribution is 0.0992. The zero-order chi connectivity index (χ0) is 15.8. The largest absolute Gasteiger partial charge is 0.364 e. The van der Waals surface area contributed by atoms with E-state index in [1.165, 1.54) is 23.9 Å². The van der Waals surface area contributed by atoms with Crippen molar-refractivity contribution >= 4 is 15.9 Å². The Kier molecular flexibility index (Phi) is 3.83. The van der Waals surface area contributed by atoms with Crippen molar-refractivity contribution in [3.8, 4) is 0 Å². The van der Waals surface area contributed by atoms with Gasteiger partial charge in [-0.05, 0) is 13.0 Å². The van der Waals surface area contributed by atoms with Crippen LogP contribution in [-0.2, 0) is 23.6 Å². The van der Waals surface area contributed by atoms with Crippen LogP contribution in [0.15, 0.2) is 17.2 Å². The van der Waals surface area contributed by atoms with Gasteiger partial charge in [0.05, 0.1) is 6.54 Å². The van der Waals surface area contributed by atoms with E-state index in [2.05, 4.69) is 15.2 Å². The molecule has 0 aliphatic heterocycles. The first kappa shape index (κ1) is 15.2. The molecule has 0 spiro atoms. The predicted molar refractivity (Wildman–Crippen MR) is 73.7 cm³/mol. The number of aryl methyl sites for hydroxylation is 2. The van der Waals surface area contributed by atoms with Crippen LogP contribution in [0.4, 0.5) is 0 Å². The summed E-state index contributed by atoms with van der Waals surface area (Å²) in [6.45, 7) is 1.74. The van der Waals surface area contributed by atoms with E-state index in [1.807, 2.05) is 0 Å². The first-order valence-corrected chi connectivity index (χ1v) is 7.46. The van der Waals surface area contributed by atoms with Gasteiger partial charge in [0, 0.05) is 20.3 Å². The summed E-state index contributed by atoms with van der Waals surface area (Å²) in [5.41, 5.74) is 5.30. The van der Waals surface area contributed by atoms with Crippen molar-refractivity contribution < 1.29 is 13.2 Å². The highest BCUT2D eigenvalue weighted by Crippen LogP contribution is 2.18. The van der Waals surface area contributed by atoms with E-state index in [0.29, 0.717) is 11.6 Å². The SMILES string of the molecule is Cc1nc(CN(C)S(=O)(=O)c2cc(C(N)=O)n(C)c2)n[nH]1. The van der Waals surface area contributed by atoms with Gasteiger partial charge in [0.15, 0.2) is 5.82 Å². The topological polar surface area (TPSA) is 127 Å². The molecule has 0 aliphatic carbocycles. The summed E-state index contributed by atoms with van der Waals surface area (Å²) in [5.74, 6) is 0.280. The third kappa shape index (κ3) is 2.95. The number of nitrogens with one attached hydrogen (secondary N) is 1. The number of carbonyl (C=O) groups excluding carboxylic acids is 1. The van der Waals surface area contributed by atoms with E-state index < -0.39 is 15.9 Å². The Morgan fingerprint density at radius 2 is 2.19 bits per heavy atom. The predicted octanol–water partition coefficient (Wildman–Crippen LogP) is -0.629. The molecule has 114 valence electrons. The van der Waals surface area contributed by atoms with Crippen LogP contribution in [0.2, 0.25) is 0 Å². The van der Waals surface area contributed by atoms with E-state index in [4.69, 9.17) is 5.73 Å². The van der Waals surface area contributed by atoms with Crippen molar-refractivity contribution in [1.82, 2.24) is 24.1 Å². The maximum absolute atomic E-state index is 12.4. The van der Waals surface area contributed by atoms with E-state index in [9.17, 15) is 13.2 Å². The molecular weight excluding hydrogens is 296 g/mol. The molecule has 21 heavy (non-hydrogen) atoms. The van der Waals surface area contributed by atoms with Gasteiger partial charge in [0.25, 0.3) is 5.91 Å². The molecule has 3 N–H and O–H groups in total. The number of carbonyl (C=O) groups is 1. The van der Waals surface area contributed by atoms with Crippen LogP contribution in [0.1, 0.15) is 22.1 Å². The first-order valence-electron chi connectivity index (χ1n) is 6.02. The average Bonchev–Trinajstić information content (AvgIpc) is 2.95. The van der Waals surface area contributed by atoms with E-state index in [1.54, 1.807) is 14.0 Å². The van der Waals surface area contributed by atoms with E-state index >= 15 is 0 Å². The van der Waals surface area contributed by atoms with Crippen molar-refractivity contribution in [2.75, 3.05) is 7.05 Å². The molecule has 9 nitrogen and oxygen atoms in total. The second-order valence-corrected chi connectivity index (χ2v) is 6.68. The highest BCUT2D eigenvalue weighted by atomic mass is 32.2. The number of aromatic amines is 1. The van der Waals surface area contributed by atoms with Crippen molar-refractivity contribution in [1.29, 1.82) is 0 Å². The summed E-state index contributed by atoms with van der Waals surface area (Å²) in [6, 6.07) is 1.25. The third-order valence-electron chi connectivity index (χ3n) is 2.95. The summed E-state index contributed by atoms with van der Waals surface area (Å²) in [4.78, 5) is 15.2. The van der Waals surface area contributed by atoms with Crippen molar-refractivity contribution in [3.63, 3.8) is 0 Å². The number of hydrogen-bond acceptors (Lipinski definition) is 5. The van der Waals surface area contributed by atoms with Gasteiger partial charge >= 0.3 is 0 Å². The summed E-state index contributed by atoms with van der Waals surface area (Å²) in [5, 5.41) is 6.54. The molecule has 0 saturated carbocycles. The highest BCUT2D eigenvalue weighted by Gasteiger charge is 2.25. The van der Waals surface area contributed by atoms with Gasteiger partial charge in [0.2, 0.25) is 10.0 Å². The summed E-state index contributed by atoms with van der Waals surface area (Å²) >= 11 is 0. The molecule has 0 aromatic carbocycles. The molecule has 2 heterocycles. The number of sulfonamides is 1. The van der Waals surface area contributed by atoms with Gasteiger partial charge in [-0.25, -0.2) is 13.4 Å². The first-order chi connectivity index (χ1) is 9.71. The van der Waals surface area contributed by atoms with Gasteiger partial charge in [0.1, 0.15) is 16.4 Å². The van der Waals surface area contributed by atoms with Crippen LogP contribution in [0.5, 0.6) is 0 Å². The Labute approximate surface area is 121 Å². The van der Waals surface area contributed by atoms with Crippen LogP contribution in [0.25, 0.3) is 0 Å². The zero-order valence-electron chi connectivity index (χ0n) is 11.9. The smallest absolute Gasteiger partial charge is 0.265 e. The number of nitrogens with zero attached hydrogens (tertiary/aromatic N) is 4. The Bertz CT molecular complexity index is 776. The van der Waals surface area contributed by atoms with Crippen molar-refractivity contribution in [2.24, 2.45) is 12.8 Å². The summed E-state index contributed by atoms with van der Waals surface area (Å²) < 4.78 is 27.3. The van der Waals surface area contributed by atoms with Gasteiger partial charge in [-0.2, -0.15) is 9.40 Å². The molecule has 1 amide bonds. The standard InChI is InChI=1S/C11H16N6O3S/c1-7-13-10(15-14-7)6-17(3)21(19,20)8-4-9(11(12)18)16(2)5-8/h4-5H,6H2,1-3H3,(H2,12,18)(H,13,14,15). The molecule has 0 radical (unpaired) electrons. The Morgan fingerprint density at radius 1 is 1.52 bits per heavy atom. The van der Waals surface area contributed by atoms with Gasteiger partial charge in [-0.3, -0.25) is 9.89 Å². The van der Waals surface area contributed by atoms with E-state index in [-0.39, 0.29) is 17.1 Å². The van der Waals surface area contributed by atoms with Crippen LogP contribution in [0, 0.1) is 6.92 Å². The molecule has 2 aromatic heterocycles. The van der Waals surface area contributed by atoms with Crippen LogP contribution < -0.4 is 5.73 Å². The molecule has 0 aliphatic rings. The summed E-state index contributed by atoms with van der Waals surface area (Å²) in [7, 11) is -0.784. The highest BCUT2D eigenvalue weighted by molar-refractivity contribution is 7.89. The number of H-pyrrole nitrogens is 1. The number of primary amides is 1. The monoisotopic (exact) mass is 312 g/mol. The molecule has 2 aromatic rings. The molecule has 0 fully saturated rings. The molecular formula is C11H16N6O3S. The van der Waals surface area contributed by atoms with Gasteiger partial charge < -0.3 is 10.3 Å². The number of amides is 1. The minimum atomic E-state index is -3.75. The van der Waals surface area contributed by atoms with Crippen LogP contribution in [-0.4, -0.2) is 45.4 Å². The zero-order valence-corrected chi connectivity index (χ0v) is 12.7. The summed E-state index contributed by atoms with van der Waals surface area (Å²) in [6.07, 6.45) is 1.34. The Hall–Kier alpha value is -2.20. The molecule has 2 rings (SSSR count). The fraction of sp³-hybridized carbons (Fsp3) is 0.364. The Balaban J connectivity index is 2.28. The number of rotatable bonds is 5. The molecule has 0 bridgehead atoms. The minimum absolute atomic E-state index is 0.00597. The third-order valence-corrected chi connectivity index (χ3v) is 4.72. The van der Waals surface area contributed by atoms with Crippen LogP contribution >= 0.6 is 0 Å². The maximum Gasteiger partial charge on any atom is 0.265 e. The molecule has 0 saturated heterocycles.